The number of carbonyl (C=O) groups is 1. The second kappa shape index (κ2) is 8.26. The van der Waals surface area contributed by atoms with Crippen molar-refractivity contribution < 1.29 is 23.2 Å². The zero-order valence-corrected chi connectivity index (χ0v) is 17.8. The molecule has 1 amide bonds. The lowest BCUT2D eigenvalue weighted by Gasteiger charge is -2.37. The van der Waals surface area contributed by atoms with E-state index in [1.807, 2.05) is 25.1 Å². The number of nitrogens with one attached hydrogen (secondary N) is 1. The number of nitrogens with zero attached hydrogens (tertiary/aromatic N) is 2. The van der Waals surface area contributed by atoms with Crippen molar-refractivity contribution in [3.8, 4) is 22.9 Å². The van der Waals surface area contributed by atoms with Gasteiger partial charge in [0.1, 0.15) is 11.9 Å². The predicted molar refractivity (Wildman–Crippen MR) is 114 cm³/mol. The van der Waals surface area contributed by atoms with Crippen molar-refractivity contribution in [2.75, 3.05) is 6.79 Å². The van der Waals surface area contributed by atoms with Crippen LogP contribution in [0.25, 0.3) is 11.4 Å². The molecule has 166 valence electrons. The van der Waals surface area contributed by atoms with Gasteiger partial charge in [-0.3, -0.25) is 4.79 Å². The Morgan fingerprint density at radius 2 is 1.81 bits per heavy atom. The summed E-state index contributed by atoms with van der Waals surface area (Å²) in [6.07, 6.45) is 4.59. The number of halogens is 1. The van der Waals surface area contributed by atoms with Gasteiger partial charge in [0.25, 0.3) is 0 Å². The summed E-state index contributed by atoms with van der Waals surface area (Å²) < 4.78 is 29.5. The maximum atomic E-state index is 13.6. The number of aromatic nitrogens is 2. The number of benzene rings is 2. The molecule has 1 saturated carbocycles. The van der Waals surface area contributed by atoms with Crippen LogP contribution in [0, 0.1) is 5.82 Å². The molecule has 32 heavy (non-hydrogen) atoms. The standard InChI is InChI=1S/C24H24FN3O4/c1-15(22-27-21(28-32-22)16-5-8-18(25)9-6-16)26-23(29)24(11-3-2-4-12-24)17-7-10-19-20(13-17)31-14-30-19/h5-10,13,15H,2-4,11-12,14H2,1H3,(H,26,29). The molecule has 3 aromatic rings. The molecule has 2 heterocycles. The predicted octanol–water partition coefficient (Wildman–Crippen LogP) is 4.68. The third-order valence-corrected chi connectivity index (χ3v) is 6.33. The summed E-state index contributed by atoms with van der Waals surface area (Å²) in [5, 5.41) is 7.06. The van der Waals surface area contributed by atoms with E-state index in [1.54, 1.807) is 12.1 Å². The molecule has 1 aromatic heterocycles. The van der Waals surface area contributed by atoms with Gasteiger partial charge in [-0.1, -0.05) is 30.5 Å². The summed E-state index contributed by atoms with van der Waals surface area (Å²) in [6.45, 7) is 2.01. The van der Waals surface area contributed by atoms with E-state index in [-0.39, 0.29) is 18.5 Å². The zero-order valence-electron chi connectivity index (χ0n) is 17.8. The molecule has 0 saturated heterocycles. The molecule has 8 heteroatoms. The molecule has 7 nitrogen and oxygen atoms in total. The lowest BCUT2D eigenvalue weighted by atomic mass is 9.68. The van der Waals surface area contributed by atoms with Crippen molar-refractivity contribution >= 4 is 5.91 Å². The number of ether oxygens (including phenoxy) is 2. The summed E-state index contributed by atoms with van der Waals surface area (Å²) in [5.41, 5.74) is 0.931. The molecule has 5 rings (SSSR count). The summed E-state index contributed by atoms with van der Waals surface area (Å²) in [6, 6.07) is 11.1. The second-order valence-electron chi connectivity index (χ2n) is 8.37. The fourth-order valence-electron chi connectivity index (χ4n) is 4.52. The van der Waals surface area contributed by atoms with Crippen LogP contribution in [0.2, 0.25) is 0 Å². The molecule has 2 aliphatic rings. The number of rotatable bonds is 5. The zero-order chi connectivity index (χ0) is 22.1. The van der Waals surface area contributed by atoms with Crippen LogP contribution >= 0.6 is 0 Å². The van der Waals surface area contributed by atoms with Crippen LogP contribution in [0.15, 0.2) is 47.0 Å². The van der Waals surface area contributed by atoms with Crippen molar-refractivity contribution in [2.24, 2.45) is 0 Å². The third-order valence-electron chi connectivity index (χ3n) is 6.33. The second-order valence-corrected chi connectivity index (χ2v) is 8.37. The number of fused-ring (bicyclic) bond motifs is 1. The van der Waals surface area contributed by atoms with E-state index in [0.717, 1.165) is 37.7 Å². The van der Waals surface area contributed by atoms with Gasteiger partial charge in [-0.05, 0) is 61.7 Å². The number of hydrogen-bond acceptors (Lipinski definition) is 6. The van der Waals surface area contributed by atoms with Crippen LogP contribution in [0.5, 0.6) is 11.5 Å². The number of carbonyl (C=O) groups excluding carboxylic acids is 1. The minimum atomic E-state index is -0.646. The fourth-order valence-corrected chi connectivity index (χ4v) is 4.52. The van der Waals surface area contributed by atoms with Gasteiger partial charge in [-0.25, -0.2) is 4.39 Å². The molecule has 1 atom stereocenters. The van der Waals surface area contributed by atoms with Crippen molar-refractivity contribution in [1.82, 2.24) is 15.5 Å². The molecule has 2 aromatic carbocycles. The van der Waals surface area contributed by atoms with Gasteiger partial charge in [0.15, 0.2) is 11.5 Å². The van der Waals surface area contributed by atoms with Crippen molar-refractivity contribution in [1.29, 1.82) is 0 Å². The largest absolute Gasteiger partial charge is 0.454 e. The highest BCUT2D eigenvalue weighted by Crippen LogP contribution is 2.44. The van der Waals surface area contributed by atoms with Crippen LogP contribution in [0.1, 0.15) is 56.5 Å². The number of hydrogen-bond donors (Lipinski definition) is 1. The maximum absolute atomic E-state index is 13.6. The van der Waals surface area contributed by atoms with Crippen molar-refractivity contribution in [3.05, 3.63) is 59.7 Å². The van der Waals surface area contributed by atoms with E-state index in [4.69, 9.17) is 14.0 Å². The van der Waals surface area contributed by atoms with Crippen molar-refractivity contribution in [3.63, 3.8) is 0 Å². The van der Waals surface area contributed by atoms with Crippen LogP contribution in [0.4, 0.5) is 4.39 Å². The summed E-state index contributed by atoms with van der Waals surface area (Å²) in [7, 11) is 0. The highest BCUT2D eigenvalue weighted by molar-refractivity contribution is 5.89. The normalized spacial score (nSPS) is 17.7. The first-order valence-electron chi connectivity index (χ1n) is 10.9. The van der Waals surface area contributed by atoms with Gasteiger partial charge in [-0.2, -0.15) is 4.98 Å². The van der Waals surface area contributed by atoms with Gasteiger partial charge in [-0.15, -0.1) is 0 Å². The monoisotopic (exact) mass is 437 g/mol. The van der Waals surface area contributed by atoms with E-state index in [2.05, 4.69) is 15.5 Å². The average Bonchev–Trinajstić information content (AvgIpc) is 3.49. The van der Waals surface area contributed by atoms with E-state index in [1.165, 1.54) is 12.1 Å². The van der Waals surface area contributed by atoms with Crippen LogP contribution in [-0.4, -0.2) is 22.8 Å². The molecular formula is C24H24FN3O4. The summed E-state index contributed by atoms with van der Waals surface area (Å²) >= 11 is 0. The fraction of sp³-hybridized carbons (Fsp3) is 0.375. The van der Waals surface area contributed by atoms with E-state index in [9.17, 15) is 9.18 Å². The summed E-state index contributed by atoms with van der Waals surface area (Å²) in [5.74, 6) is 1.63. The number of amides is 1. The lowest BCUT2D eigenvalue weighted by molar-refractivity contribution is -0.129. The van der Waals surface area contributed by atoms with Gasteiger partial charge in [0.2, 0.25) is 24.4 Å². The van der Waals surface area contributed by atoms with Gasteiger partial charge >= 0.3 is 0 Å². The molecule has 1 aliphatic heterocycles. The first-order chi connectivity index (χ1) is 15.5. The quantitative estimate of drug-likeness (QED) is 0.624. The Bertz CT molecular complexity index is 1120. The highest BCUT2D eigenvalue weighted by atomic mass is 19.1. The Hall–Kier alpha value is -3.42. The summed E-state index contributed by atoms with van der Waals surface area (Å²) in [4.78, 5) is 18.0. The molecule has 1 unspecified atom stereocenters. The lowest BCUT2D eigenvalue weighted by Crippen LogP contribution is -2.46. The maximum Gasteiger partial charge on any atom is 0.249 e. The Morgan fingerprint density at radius 3 is 2.59 bits per heavy atom. The van der Waals surface area contributed by atoms with Gasteiger partial charge in [0, 0.05) is 5.56 Å². The van der Waals surface area contributed by atoms with Gasteiger partial charge < -0.3 is 19.3 Å². The smallest absolute Gasteiger partial charge is 0.249 e. The Balaban J connectivity index is 1.37. The van der Waals surface area contributed by atoms with Crippen molar-refractivity contribution in [2.45, 2.75) is 50.5 Å². The van der Waals surface area contributed by atoms with E-state index < -0.39 is 11.5 Å². The van der Waals surface area contributed by atoms with Crippen LogP contribution < -0.4 is 14.8 Å². The molecule has 1 fully saturated rings. The molecule has 1 N–H and O–H groups in total. The topological polar surface area (TPSA) is 86.5 Å². The molecular weight excluding hydrogens is 413 g/mol. The van der Waals surface area contributed by atoms with Crippen LogP contribution in [-0.2, 0) is 10.2 Å². The average molecular weight is 437 g/mol. The molecule has 0 bridgehead atoms. The van der Waals surface area contributed by atoms with E-state index in [0.29, 0.717) is 28.8 Å². The Morgan fingerprint density at radius 1 is 1.06 bits per heavy atom. The molecule has 0 radical (unpaired) electrons. The first-order valence-corrected chi connectivity index (χ1v) is 10.9. The molecule has 0 spiro atoms. The highest BCUT2D eigenvalue weighted by Gasteiger charge is 2.42. The minimum Gasteiger partial charge on any atom is -0.454 e. The Kier molecular flexibility index (Phi) is 5.28. The minimum absolute atomic E-state index is 0.0647. The first kappa shape index (κ1) is 20.5. The SMILES string of the molecule is CC(NC(=O)C1(c2ccc3c(c2)OCO3)CCCCC1)c1nc(-c2ccc(F)cc2)no1. The third kappa shape index (κ3) is 3.70. The molecule has 1 aliphatic carbocycles. The Labute approximate surface area is 184 Å². The van der Waals surface area contributed by atoms with Crippen LogP contribution in [0.3, 0.4) is 0 Å². The van der Waals surface area contributed by atoms with E-state index >= 15 is 0 Å². The van der Waals surface area contributed by atoms with Gasteiger partial charge in [0.05, 0.1) is 5.41 Å².